The van der Waals surface area contributed by atoms with Gasteiger partial charge in [0.25, 0.3) is 0 Å². The maximum Gasteiger partial charge on any atom is 0.139 e. The van der Waals surface area contributed by atoms with E-state index < -0.39 is 5.41 Å². The molecule has 0 bridgehead atoms. The molecule has 0 aromatic heterocycles. The first-order valence-electron chi connectivity index (χ1n) is 7.97. The van der Waals surface area contributed by atoms with E-state index in [0.29, 0.717) is 0 Å². The summed E-state index contributed by atoms with van der Waals surface area (Å²) in [6, 6.07) is 10.4. The van der Waals surface area contributed by atoms with E-state index in [1.807, 2.05) is 26.0 Å². The molecule has 0 saturated carbocycles. The SMILES string of the molecule is COc1c(-c2c(C)cc(C)cc2C)cccc1C(C)(C)C(C)=O. The lowest BCUT2D eigenvalue weighted by molar-refractivity contribution is -0.121. The number of rotatable bonds is 4. The van der Waals surface area contributed by atoms with Crippen molar-refractivity contribution in [2.45, 2.75) is 47.0 Å². The maximum atomic E-state index is 12.1. The number of hydrogen-bond donors (Lipinski definition) is 0. The number of Topliss-reactive ketones (excluding diaryl/α,β-unsaturated/α-hetero) is 1. The lowest BCUT2D eigenvalue weighted by atomic mass is 9.79. The van der Waals surface area contributed by atoms with Gasteiger partial charge in [0.05, 0.1) is 12.5 Å². The topological polar surface area (TPSA) is 26.3 Å². The fraction of sp³-hybridized carbons (Fsp3) is 0.381. The van der Waals surface area contributed by atoms with Gasteiger partial charge in [-0.1, -0.05) is 35.9 Å². The van der Waals surface area contributed by atoms with E-state index >= 15 is 0 Å². The summed E-state index contributed by atoms with van der Waals surface area (Å²) < 4.78 is 5.76. The molecule has 2 rings (SSSR count). The Morgan fingerprint density at radius 3 is 2.09 bits per heavy atom. The van der Waals surface area contributed by atoms with Crippen LogP contribution in [0.4, 0.5) is 0 Å². The van der Waals surface area contributed by atoms with Crippen LogP contribution < -0.4 is 4.74 Å². The summed E-state index contributed by atoms with van der Waals surface area (Å²) in [5.74, 6) is 0.924. The number of ketones is 1. The van der Waals surface area contributed by atoms with Crippen LogP contribution in [0.3, 0.4) is 0 Å². The summed E-state index contributed by atoms with van der Waals surface area (Å²) in [7, 11) is 1.68. The number of para-hydroxylation sites is 1. The molecule has 2 aromatic rings. The van der Waals surface area contributed by atoms with Crippen molar-refractivity contribution >= 4 is 5.78 Å². The van der Waals surface area contributed by atoms with Gasteiger partial charge in [-0.15, -0.1) is 0 Å². The zero-order valence-corrected chi connectivity index (χ0v) is 15.2. The highest BCUT2D eigenvalue weighted by molar-refractivity contribution is 5.90. The molecule has 122 valence electrons. The first-order chi connectivity index (χ1) is 10.7. The summed E-state index contributed by atoms with van der Waals surface area (Å²) in [6.07, 6.45) is 0. The maximum absolute atomic E-state index is 12.1. The lowest BCUT2D eigenvalue weighted by Crippen LogP contribution is -2.27. The minimum atomic E-state index is -0.576. The molecule has 0 saturated heterocycles. The average Bonchev–Trinajstić information content (AvgIpc) is 2.45. The molecule has 2 heteroatoms. The number of aryl methyl sites for hydroxylation is 3. The molecule has 0 unspecified atom stereocenters. The Labute approximate surface area is 139 Å². The lowest BCUT2D eigenvalue weighted by Gasteiger charge is -2.26. The average molecular weight is 310 g/mol. The van der Waals surface area contributed by atoms with Crippen LogP contribution in [0.25, 0.3) is 11.1 Å². The number of carbonyl (C=O) groups is 1. The van der Waals surface area contributed by atoms with Gasteiger partial charge >= 0.3 is 0 Å². The minimum Gasteiger partial charge on any atom is -0.496 e. The Bertz CT molecular complexity index is 731. The molecular formula is C21H26O2. The fourth-order valence-corrected chi connectivity index (χ4v) is 3.24. The van der Waals surface area contributed by atoms with Crippen LogP contribution in [0.2, 0.25) is 0 Å². The molecule has 23 heavy (non-hydrogen) atoms. The third kappa shape index (κ3) is 3.03. The van der Waals surface area contributed by atoms with Crippen molar-refractivity contribution in [1.29, 1.82) is 0 Å². The third-order valence-electron chi connectivity index (χ3n) is 4.72. The molecule has 0 radical (unpaired) electrons. The summed E-state index contributed by atoms with van der Waals surface area (Å²) in [4.78, 5) is 12.1. The van der Waals surface area contributed by atoms with Gasteiger partial charge in [0, 0.05) is 11.1 Å². The number of ether oxygens (including phenoxy) is 1. The van der Waals surface area contributed by atoms with Crippen LogP contribution >= 0.6 is 0 Å². The Hall–Kier alpha value is -2.09. The van der Waals surface area contributed by atoms with E-state index in [1.165, 1.54) is 22.3 Å². The number of methoxy groups -OCH3 is 1. The Morgan fingerprint density at radius 1 is 1.04 bits per heavy atom. The molecule has 0 fully saturated rings. The van der Waals surface area contributed by atoms with E-state index in [0.717, 1.165) is 16.9 Å². The van der Waals surface area contributed by atoms with Gasteiger partial charge in [0.2, 0.25) is 0 Å². The molecular weight excluding hydrogens is 284 g/mol. The van der Waals surface area contributed by atoms with Crippen LogP contribution in [0.15, 0.2) is 30.3 Å². The Morgan fingerprint density at radius 2 is 1.61 bits per heavy atom. The second-order valence-corrected chi connectivity index (χ2v) is 6.84. The first-order valence-corrected chi connectivity index (χ1v) is 7.97. The van der Waals surface area contributed by atoms with Crippen LogP contribution in [0, 0.1) is 20.8 Å². The van der Waals surface area contributed by atoms with Crippen molar-refractivity contribution in [3.63, 3.8) is 0 Å². The quantitative estimate of drug-likeness (QED) is 0.780. The molecule has 0 atom stereocenters. The predicted octanol–water partition coefficient (Wildman–Crippen LogP) is 5.15. The molecule has 2 nitrogen and oxygen atoms in total. The summed E-state index contributed by atoms with van der Waals surface area (Å²) in [5.41, 5.74) is 6.29. The first kappa shape index (κ1) is 17.3. The van der Waals surface area contributed by atoms with Gasteiger partial charge < -0.3 is 4.74 Å². The molecule has 0 spiro atoms. The Kier molecular flexibility index (Phi) is 4.65. The van der Waals surface area contributed by atoms with E-state index in [4.69, 9.17) is 4.74 Å². The van der Waals surface area contributed by atoms with Crippen LogP contribution in [-0.4, -0.2) is 12.9 Å². The summed E-state index contributed by atoms with van der Waals surface area (Å²) in [6.45, 7) is 11.9. The van der Waals surface area contributed by atoms with Gasteiger partial charge in [0.1, 0.15) is 11.5 Å². The highest BCUT2D eigenvalue weighted by Crippen LogP contribution is 2.41. The molecule has 0 aliphatic heterocycles. The van der Waals surface area contributed by atoms with Gasteiger partial charge in [-0.05, 0) is 58.2 Å². The van der Waals surface area contributed by atoms with E-state index in [-0.39, 0.29) is 5.78 Å². The zero-order valence-electron chi connectivity index (χ0n) is 15.2. The predicted molar refractivity (Wildman–Crippen MR) is 96.3 cm³/mol. The van der Waals surface area contributed by atoms with E-state index in [2.05, 4.69) is 39.0 Å². The van der Waals surface area contributed by atoms with Gasteiger partial charge in [-0.2, -0.15) is 0 Å². The fourth-order valence-electron chi connectivity index (χ4n) is 3.24. The summed E-state index contributed by atoms with van der Waals surface area (Å²) >= 11 is 0. The zero-order chi connectivity index (χ0) is 17.4. The molecule has 0 aliphatic rings. The standard InChI is InChI=1S/C21H26O2/c1-13-11-14(2)19(15(3)12-13)17-9-8-10-18(20(17)23-7)21(5,6)16(4)22/h8-12H,1-7H3. The van der Waals surface area contributed by atoms with Gasteiger partial charge in [-0.25, -0.2) is 0 Å². The number of carbonyl (C=O) groups excluding carboxylic acids is 1. The molecule has 0 amide bonds. The van der Waals surface area contributed by atoms with Crippen LogP contribution in [0.5, 0.6) is 5.75 Å². The van der Waals surface area contributed by atoms with Crippen molar-refractivity contribution in [2.24, 2.45) is 0 Å². The minimum absolute atomic E-state index is 0.130. The number of hydrogen-bond acceptors (Lipinski definition) is 2. The van der Waals surface area contributed by atoms with Crippen molar-refractivity contribution < 1.29 is 9.53 Å². The van der Waals surface area contributed by atoms with Crippen molar-refractivity contribution in [3.8, 4) is 16.9 Å². The van der Waals surface area contributed by atoms with Crippen molar-refractivity contribution in [1.82, 2.24) is 0 Å². The monoisotopic (exact) mass is 310 g/mol. The molecule has 0 aliphatic carbocycles. The van der Waals surface area contributed by atoms with Crippen LogP contribution in [-0.2, 0) is 10.2 Å². The second kappa shape index (κ2) is 6.19. The normalized spacial score (nSPS) is 11.4. The highest BCUT2D eigenvalue weighted by Gasteiger charge is 2.31. The van der Waals surface area contributed by atoms with E-state index in [9.17, 15) is 4.79 Å². The van der Waals surface area contributed by atoms with Crippen molar-refractivity contribution in [3.05, 3.63) is 52.6 Å². The smallest absolute Gasteiger partial charge is 0.139 e. The second-order valence-electron chi connectivity index (χ2n) is 6.84. The molecule has 0 N–H and O–H groups in total. The van der Waals surface area contributed by atoms with Crippen molar-refractivity contribution in [2.75, 3.05) is 7.11 Å². The third-order valence-corrected chi connectivity index (χ3v) is 4.72. The summed E-state index contributed by atoms with van der Waals surface area (Å²) in [5, 5.41) is 0. The van der Waals surface area contributed by atoms with E-state index in [1.54, 1.807) is 14.0 Å². The largest absolute Gasteiger partial charge is 0.496 e. The number of benzene rings is 2. The van der Waals surface area contributed by atoms with Crippen LogP contribution in [0.1, 0.15) is 43.0 Å². The van der Waals surface area contributed by atoms with Gasteiger partial charge in [-0.3, -0.25) is 4.79 Å². The molecule has 2 aromatic carbocycles. The highest BCUT2D eigenvalue weighted by atomic mass is 16.5. The van der Waals surface area contributed by atoms with Gasteiger partial charge in [0.15, 0.2) is 0 Å². The Balaban J connectivity index is 2.79. The molecule has 0 heterocycles.